The maximum Gasteiger partial charge on any atom is 0.308 e. The van der Waals surface area contributed by atoms with Gasteiger partial charge in [0.2, 0.25) is 5.91 Å². The van der Waals surface area contributed by atoms with Crippen LogP contribution in [0.3, 0.4) is 0 Å². The number of aliphatic carboxylic acids is 1. The first-order chi connectivity index (χ1) is 10.2. The van der Waals surface area contributed by atoms with Crippen molar-refractivity contribution in [3.05, 3.63) is 42.0 Å². The number of carbonyl (C=O) groups is 2. The lowest BCUT2D eigenvalue weighted by atomic mass is 9.98. The normalized spacial score (nSPS) is 18.9. The van der Waals surface area contributed by atoms with Gasteiger partial charge in [-0.2, -0.15) is 0 Å². The molecule has 1 N–H and O–H groups in total. The van der Waals surface area contributed by atoms with E-state index in [0.29, 0.717) is 32.4 Å². The van der Waals surface area contributed by atoms with Crippen molar-refractivity contribution in [3.63, 3.8) is 0 Å². The van der Waals surface area contributed by atoms with E-state index in [1.54, 1.807) is 4.90 Å². The number of likely N-dealkylation sites (tertiary alicyclic amines) is 1. The third-order valence-corrected chi connectivity index (χ3v) is 3.76. The summed E-state index contributed by atoms with van der Waals surface area (Å²) in [5.74, 6) is -1.14. The van der Waals surface area contributed by atoms with E-state index < -0.39 is 11.9 Å². The Labute approximate surface area is 125 Å². The van der Waals surface area contributed by atoms with Gasteiger partial charge < -0.3 is 10.0 Å². The molecule has 21 heavy (non-hydrogen) atoms. The first-order valence-electron chi connectivity index (χ1n) is 7.39. The lowest BCUT2D eigenvalue weighted by molar-refractivity contribution is -0.145. The van der Waals surface area contributed by atoms with Gasteiger partial charge in [-0.15, -0.1) is 0 Å². The van der Waals surface area contributed by atoms with Crippen LogP contribution in [0.25, 0.3) is 6.08 Å². The quantitative estimate of drug-likeness (QED) is 0.906. The van der Waals surface area contributed by atoms with Gasteiger partial charge in [-0.3, -0.25) is 9.59 Å². The highest BCUT2D eigenvalue weighted by atomic mass is 16.4. The largest absolute Gasteiger partial charge is 0.481 e. The van der Waals surface area contributed by atoms with Crippen molar-refractivity contribution in [2.45, 2.75) is 25.7 Å². The van der Waals surface area contributed by atoms with Gasteiger partial charge in [0.05, 0.1) is 5.92 Å². The number of carboxylic acid groups (broad SMARTS) is 1. The average Bonchev–Trinajstić information content (AvgIpc) is 2.52. The van der Waals surface area contributed by atoms with E-state index in [1.165, 1.54) is 0 Å². The number of nitrogens with zero attached hydrogens (tertiary/aromatic N) is 1. The predicted octanol–water partition coefficient (Wildman–Crippen LogP) is 2.80. The Morgan fingerprint density at radius 2 is 2.05 bits per heavy atom. The molecular formula is C17H21NO3. The van der Waals surface area contributed by atoms with Crippen LogP contribution in [0.1, 0.15) is 31.2 Å². The van der Waals surface area contributed by atoms with Gasteiger partial charge in [0.1, 0.15) is 0 Å². The molecule has 0 aliphatic carbocycles. The highest BCUT2D eigenvalue weighted by Crippen LogP contribution is 2.17. The molecule has 1 aliphatic rings. The van der Waals surface area contributed by atoms with Crippen molar-refractivity contribution >= 4 is 18.0 Å². The molecule has 1 atom stereocenters. The average molecular weight is 287 g/mol. The summed E-state index contributed by atoms with van der Waals surface area (Å²) in [5, 5.41) is 9.03. The van der Waals surface area contributed by atoms with Crippen LogP contribution in [0.5, 0.6) is 0 Å². The van der Waals surface area contributed by atoms with Crippen molar-refractivity contribution in [3.8, 4) is 0 Å². The number of carbonyl (C=O) groups excluding carboxylic acids is 1. The maximum atomic E-state index is 12.1. The summed E-state index contributed by atoms with van der Waals surface area (Å²) in [6.45, 7) is 1.04. The molecule has 1 saturated heterocycles. The first-order valence-corrected chi connectivity index (χ1v) is 7.39. The Morgan fingerprint density at radius 3 is 2.76 bits per heavy atom. The minimum Gasteiger partial charge on any atom is -0.481 e. The van der Waals surface area contributed by atoms with Gasteiger partial charge in [-0.25, -0.2) is 0 Å². The Morgan fingerprint density at radius 1 is 1.29 bits per heavy atom. The number of piperidine rings is 1. The Balaban J connectivity index is 1.77. The molecule has 1 aliphatic heterocycles. The Kier molecular flexibility index (Phi) is 5.55. The van der Waals surface area contributed by atoms with Crippen LogP contribution in [0.2, 0.25) is 0 Å². The molecule has 0 saturated carbocycles. The number of carboxylic acids is 1. The summed E-state index contributed by atoms with van der Waals surface area (Å²) >= 11 is 0. The smallest absolute Gasteiger partial charge is 0.308 e. The van der Waals surface area contributed by atoms with Crippen LogP contribution in [0.4, 0.5) is 0 Å². The van der Waals surface area contributed by atoms with Crippen LogP contribution in [-0.4, -0.2) is 35.0 Å². The summed E-state index contributed by atoms with van der Waals surface area (Å²) in [6, 6.07) is 9.95. The Hall–Kier alpha value is -2.10. The lowest BCUT2D eigenvalue weighted by Crippen LogP contribution is -2.42. The summed E-state index contributed by atoms with van der Waals surface area (Å²) in [4.78, 5) is 24.8. The number of hydrogen-bond donors (Lipinski definition) is 1. The zero-order valence-electron chi connectivity index (χ0n) is 12.1. The second-order valence-electron chi connectivity index (χ2n) is 5.37. The molecule has 0 radical (unpaired) electrons. The fraction of sp³-hybridized carbons (Fsp3) is 0.412. The van der Waals surface area contributed by atoms with Crippen LogP contribution in [-0.2, 0) is 9.59 Å². The number of allylic oxidation sites excluding steroid dienone is 1. The molecule has 112 valence electrons. The number of hydrogen-bond acceptors (Lipinski definition) is 2. The van der Waals surface area contributed by atoms with E-state index in [2.05, 4.69) is 0 Å². The summed E-state index contributed by atoms with van der Waals surface area (Å²) in [5.41, 5.74) is 1.12. The molecule has 1 unspecified atom stereocenters. The molecule has 1 amide bonds. The monoisotopic (exact) mass is 287 g/mol. The molecule has 4 nitrogen and oxygen atoms in total. The molecular weight excluding hydrogens is 266 g/mol. The number of amides is 1. The molecule has 4 heteroatoms. The predicted molar refractivity (Wildman–Crippen MR) is 81.6 cm³/mol. The molecule has 1 heterocycles. The maximum absolute atomic E-state index is 12.1. The van der Waals surface area contributed by atoms with Gasteiger partial charge in [0.15, 0.2) is 0 Å². The minimum atomic E-state index is -0.795. The summed E-state index contributed by atoms with van der Waals surface area (Å²) in [6.07, 6.45) is 6.57. The SMILES string of the molecule is O=C(O)C1CCCN(C(=O)CCC=Cc2ccccc2)C1. The van der Waals surface area contributed by atoms with Crippen molar-refractivity contribution in [2.75, 3.05) is 13.1 Å². The molecule has 2 rings (SSSR count). The van der Waals surface area contributed by atoms with Gasteiger partial charge in [0, 0.05) is 19.5 Å². The van der Waals surface area contributed by atoms with E-state index >= 15 is 0 Å². The number of rotatable bonds is 5. The van der Waals surface area contributed by atoms with Crippen LogP contribution in [0.15, 0.2) is 36.4 Å². The molecule has 1 fully saturated rings. The minimum absolute atomic E-state index is 0.0543. The highest BCUT2D eigenvalue weighted by molar-refractivity contribution is 5.78. The fourth-order valence-corrected chi connectivity index (χ4v) is 2.55. The van der Waals surface area contributed by atoms with Gasteiger partial charge >= 0.3 is 5.97 Å². The molecule has 0 aromatic heterocycles. The lowest BCUT2D eigenvalue weighted by Gasteiger charge is -2.30. The van der Waals surface area contributed by atoms with Crippen LogP contribution < -0.4 is 0 Å². The van der Waals surface area contributed by atoms with Crippen LogP contribution in [0, 0.1) is 5.92 Å². The third kappa shape index (κ3) is 4.74. The third-order valence-electron chi connectivity index (χ3n) is 3.76. The Bertz CT molecular complexity index is 510. The van der Waals surface area contributed by atoms with Crippen molar-refractivity contribution in [1.82, 2.24) is 4.90 Å². The fourth-order valence-electron chi connectivity index (χ4n) is 2.55. The van der Waals surface area contributed by atoms with Gasteiger partial charge in [0.25, 0.3) is 0 Å². The van der Waals surface area contributed by atoms with E-state index in [-0.39, 0.29) is 5.91 Å². The zero-order valence-corrected chi connectivity index (χ0v) is 12.1. The highest BCUT2D eigenvalue weighted by Gasteiger charge is 2.27. The van der Waals surface area contributed by atoms with Crippen molar-refractivity contribution in [2.24, 2.45) is 5.92 Å². The van der Waals surface area contributed by atoms with Gasteiger partial charge in [-0.1, -0.05) is 42.5 Å². The molecule has 0 bridgehead atoms. The van der Waals surface area contributed by atoms with E-state index in [4.69, 9.17) is 5.11 Å². The summed E-state index contributed by atoms with van der Waals surface area (Å²) < 4.78 is 0. The summed E-state index contributed by atoms with van der Waals surface area (Å²) in [7, 11) is 0. The van der Waals surface area contributed by atoms with E-state index in [0.717, 1.165) is 12.0 Å². The second kappa shape index (κ2) is 7.62. The standard InChI is InChI=1S/C17H21NO3/c19-16(18-12-6-10-15(13-18)17(20)21)11-5-4-9-14-7-2-1-3-8-14/h1-4,7-9,15H,5-6,10-13H2,(H,20,21). The topological polar surface area (TPSA) is 57.6 Å². The van der Waals surface area contributed by atoms with Gasteiger partial charge in [-0.05, 0) is 24.8 Å². The molecule has 1 aromatic rings. The van der Waals surface area contributed by atoms with E-state index in [1.807, 2.05) is 42.5 Å². The van der Waals surface area contributed by atoms with Crippen molar-refractivity contribution in [1.29, 1.82) is 0 Å². The van der Waals surface area contributed by atoms with Crippen molar-refractivity contribution < 1.29 is 14.7 Å². The second-order valence-corrected chi connectivity index (χ2v) is 5.37. The van der Waals surface area contributed by atoms with E-state index in [9.17, 15) is 9.59 Å². The first kappa shape index (κ1) is 15.3. The number of benzene rings is 1. The zero-order chi connectivity index (χ0) is 15.1. The van der Waals surface area contributed by atoms with Crippen LogP contribution >= 0.6 is 0 Å². The molecule has 0 spiro atoms. The molecule has 1 aromatic carbocycles.